The Morgan fingerprint density at radius 2 is 2.04 bits per heavy atom. The van der Waals surface area contributed by atoms with Gasteiger partial charge < -0.3 is 20.3 Å². The molecule has 1 aliphatic rings. The van der Waals surface area contributed by atoms with Crippen molar-refractivity contribution in [2.75, 3.05) is 23.9 Å². The van der Waals surface area contributed by atoms with Gasteiger partial charge in [-0.1, -0.05) is 30.3 Å². The molecule has 1 saturated heterocycles. The number of aromatic nitrogens is 2. The molecule has 2 aromatic rings. The van der Waals surface area contributed by atoms with Gasteiger partial charge in [0.2, 0.25) is 11.8 Å². The van der Waals surface area contributed by atoms with Crippen molar-refractivity contribution >= 4 is 29.1 Å². The number of piperidine rings is 1. The zero-order valence-corrected chi connectivity index (χ0v) is 16.9. The van der Waals surface area contributed by atoms with Crippen LogP contribution in [-0.4, -0.2) is 34.8 Å². The van der Waals surface area contributed by atoms with Crippen molar-refractivity contribution in [1.82, 2.24) is 15.3 Å². The van der Waals surface area contributed by atoms with Crippen LogP contribution in [-0.2, 0) is 0 Å². The number of rotatable bonds is 5. The number of hydrogen-bond donors (Lipinski definition) is 2. The second-order valence-electron chi connectivity index (χ2n) is 6.86. The fourth-order valence-electron chi connectivity index (χ4n) is 3.32. The van der Waals surface area contributed by atoms with Crippen molar-refractivity contribution in [1.29, 1.82) is 0 Å². The van der Waals surface area contributed by atoms with Crippen LogP contribution in [0.4, 0.5) is 11.8 Å². The average Bonchev–Trinajstić information content (AvgIpc) is 2.68. The highest BCUT2D eigenvalue weighted by atomic mass is 32.1. The van der Waals surface area contributed by atoms with Gasteiger partial charge in [-0.05, 0) is 50.9 Å². The third-order valence-electron chi connectivity index (χ3n) is 4.87. The van der Waals surface area contributed by atoms with Gasteiger partial charge >= 0.3 is 0 Å². The minimum absolute atomic E-state index is 0.0818. The molecular weight excluding hydrogens is 358 g/mol. The zero-order chi connectivity index (χ0) is 19.2. The van der Waals surface area contributed by atoms with Gasteiger partial charge in [-0.15, -0.1) is 0 Å². The van der Waals surface area contributed by atoms with E-state index >= 15 is 0 Å². The van der Waals surface area contributed by atoms with E-state index in [1.54, 1.807) is 7.11 Å². The summed E-state index contributed by atoms with van der Waals surface area (Å²) in [6.45, 7) is 5.29. The van der Waals surface area contributed by atoms with Crippen molar-refractivity contribution in [2.45, 2.75) is 45.2 Å². The SMILES string of the molecule is COc1cc(N2CCCC[C@@H]2C)nc(NC(=S)N[C@H](C)c2ccccc2)n1. The van der Waals surface area contributed by atoms with Crippen LogP contribution >= 0.6 is 12.2 Å². The van der Waals surface area contributed by atoms with E-state index < -0.39 is 0 Å². The summed E-state index contributed by atoms with van der Waals surface area (Å²) in [7, 11) is 1.61. The zero-order valence-electron chi connectivity index (χ0n) is 16.1. The van der Waals surface area contributed by atoms with Crippen LogP contribution in [0.5, 0.6) is 5.88 Å². The molecule has 1 aliphatic heterocycles. The standard InChI is InChI=1S/C20H27N5OS/c1-14-9-7-8-12-25(14)17-13-18(26-3)23-19(22-17)24-20(27)21-15(2)16-10-5-4-6-11-16/h4-6,10-11,13-15H,7-9,12H2,1-3H3,(H2,21,22,23,24,27)/t14-,15+/m0/s1. The van der Waals surface area contributed by atoms with Gasteiger partial charge in [-0.25, -0.2) is 0 Å². The summed E-state index contributed by atoms with van der Waals surface area (Å²) in [6, 6.07) is 12.6. The molecule has 27 heavy (non-hydrogen) atoms. The summed E-state index contributed by atoms with van der Waals surface area (Å²) in [5, 5.41) is 6.86. The highest BCUT2D eigenvalue weighted by Crippen LogP contribution is 2.26. The summed E-state index contributed by atoms with van der Waals surface area (Å²) in [5.41, 5.74) is 1.16. The summed E-state index contributed by atoms with van der Waals surface area (Å²) >= 11 is 5.46. The quantitative estimate of drug-likeness (QED) is 0.757. The lowest BCUT2D eigenvalue weighted by molar-refractivity contribution is 0.396. The molecule has 7 heteroatoms. The molecule has 1 aromatic carbocycles. The number of nitrogens with zero attached hydrogens (tertiary/aromatic N) is 3. The lowest BCUT2D eigenvalue weighted by Crippen LogP contribution is -2.38. The summed E-state index contributed by atoms with van der Waals surface area (Å²) in [6.07, 6.45) is 3.61. The van der Waals surface area contributed by atoms with Crippen LogP contribution in [0.3, 0.4) is 0 Å². The van der Waals surface area contributed by atoms with E-state index in [4.69, 9.17) is 17.0 Å². The Labute approximate surface area is 166 Å². The molecule has 2 N–H and O–H groups in total. The summed E-state index contributed by atoms with van der Waals surface area (Å²) in [4.78, 5) is 11.4. The van der Waals surface area contributed by atoms with Gasteiger partial charge in [-0.2, -0.15) is 9.97 Å². The van der Waals surface area contributed by atoms with Crippen molar-refractivity contribution < 1.29 is 4.74 Å². The van der Waals surface area contributed by atoms with Crippen LogP contribution in [0.15, 0.2) is 36.4 Å². The predicted molar refractivity (Wildman–Crippen MR) is 113 cm³/mol. The smallest absolute Gasteiger partial charge is 0.234 e. The van der Waals surface area contributed by atoms with E-state index in [1.807, 2.05) is 24.3 Å². The number of nitrogens with one attached hydrogen (secondary N) is 2. The van der Waals surface area contributed by atoms with Gasteiger partial charge in [0, 0.05) is 18.7 Å². The first kappa shape index (κ1) is 19.4. The highest BCUT2D eigenvalue weighted by molar-refractivity contribution is 7.80. The Bertz CT molecular complexity index is 770. The molecular formula is C20H27N5OS. The normalized spacial score (nSPS) is 17.9. The second kappa shape index (κ2) is 8.99. The molecule has 1 fully saturated rings. The first-order valence-electron chi connectivity index (χ1n) is 9.39. The number of hydrogen-bond acceptors (Lipinski definition) is 5. The molecule has 2 atom stereocenters. The van der Waals surface area contributed by atoms with E-state index in [0.29, 0.717) is 23.0 Å². The Morgan fingerprint density at radius 1 is 1.26 bits per heavy atom. The minimum Gasteiger partial charge on any atom is -0.481 e. The maximum atomic E-state index is 5.46. The van der Waals surface area contributed by atoms with E-state index in [9.17, 15) is 0 Å². The molecule has 2 heterocycles. The minimum atomic E-state index is 0.0818. The molecule has 0 unspecified atom stereocenters. The average molecular weight is 386 g/mol. The van der Waals surface area contributed by atoms with Gasteiger partial charge in [0.25, 0.3) is 0 Å². The van der Waals surface area contributed by atoms with Gasteiger partial charge in [0.15, 0.2) is 5.11 Å². The first-order chi connectivity index (χ1) is 13.1. The number of ether oxygens (including phenoxy) is 1. The van der Waals surface area contributed by atoms with Crippen LogP contribution in [0.25, 0.3) is 0 Å². The molecule has 6 nitrogen and oxygen atoms in total. The Morgan fingerprint density at radius 3 is 2.74 bits per heavy atom. The van der Waals surface area contributed by atoms with Gasteiger partial charge in [0.1, 0.15) is 5.82 Å². The Kier molecular flexibility index (Phi) is 6.45. The molecule has 3 rings (SSSR count). The molecule has 0 saturated carbocycles. The van der Waals surface area contributed by atoms with Crippen LogP contribution < -0.4 is 20.3 Å². The van der Waals surface area contributed by atoms with Crippen LogP contribution in [0.2, 0.25) is 0 Å². The maximum Gasteiger partial charge on any atom is 0.234 e. The molecule has 144 valence electrons. The fourth-order valence-corrected chi connectivity index (χ4v) is 3.59. The van der Waals surface area contributed by atoms with Crippen LogP contribution in [0.1, 0.15) is 44.7 Å². The molecule has 0 spiro atoms. The van der Waals surface area contributed by atoms with E-state index in [0.717, 1.165) is 17.9 Å². The van der Waals surface area contributed by atoms with Crippen LogP contribution in [0, 0.1) is 0 Å². The van der Waals surface area contributed by atoms with E-state index in [1.165, 1.54) is 19.3 Å². The maximum absolute atomic E-state index is 5.46. The lowest BCUT2D eigenvalue weighted by Gasteiger charge is -2.34. The van der Waals surface area contributed by atoms with Gasteiger partial charge in [0.05, 0.1) is 13.2 Å². The molecule has 0 bridgehead atoms. The molecule has 0 aliphatic carbocycles. The van der Waals surface area contributed by atoms with Crippen molar-refractivity contribution in [3.05, 3.63) is 42.0 Å². The fraction of sp³-hybridized carbons (Fsp3) is 0.450. The Balaban J connectivity index is 1.72. The van der Waals surface area contributed by atoms with E-state index in [-0.39, 0.29) is 6.04 Å². The predicted octanol–water partition coefficient (Wildman–Crippen LogP) is 3.91. The third kappa shape index (κ3) is 5.07. The lowest BCUT2D eigenvalue weighted by atomic mass is 10.0. The highest BCUT2D eigenvalue weighted by Gasteiger charge is 2.21. The van der Waals surface area contributed by atoms with Crippen molar-refractivity contribution in [2.24, 2.45) is 0 Å². The van der Waals surface area contributed by atoms with E-state index in [2.05, 4.69) is 51.5 Å². The largest absolute Gasteiger partial charge is 0.481 e. The number of methoxy groups -OCH3 is 1. The number of thiocarbonyl (C=S) groups is 1. The molecule has 0 radical (unpaired) electrons. The van der Waals surface area contributed by atoms with Gasteiger partial charge in [-0.3, -0.25) is 0 Å². The van der Waals surface area contributed by atoms with Crippen molar-refractivity contribution in [3.63, 3.8) is 0 Å². The summed E-state index contributed by atoms with van der Waals surface area (Å²) < 4.78 is 5.37. The topological polar surface area (TPSA) is 62.3 Å². The summed E-state index contributed by atoms with van der Waals surface area (Å²) in [5.74, 6) is 1.84. The number of anilines is 2. The van der Waals surface area contributed by atoms with Crippen molar-refractivity contribution in [3.8, 4) is 5.88 Å². The molecule has 1 aromatic heterocycles. The Hall–Kier alpha value is -2.41. The first-order valence-corrected chi connectivity index (χ1v) is 9.80. The second-order valence-corrected chi connectivity index (χ2v) is 7.27. The third-order valence-corrected chi connectivity index (χ3v) is 5.09. The monoisotopic (exact) mass is 385 g/mol. The number of benzene rings is 1. The molecule has 0 amide bonds.